The Kier molecular flexibility index (Phi) is 5.49. The highest BCUT2D eigenvalue weighted by Gasteiger charge is 2.20. The van der Waals surface area contributed by atoms with Crippen molar-refractivity contribution in [3.8, 4) is 0 Å². The molecule has 4 nitrogen and oxygen atoms in total. The number of hydrogen-bond acceptors (Lipinski definition) is 3. The molecule has 0 radical (unpaired) electrons. The van der Waals surface area contributed by atoms with Crippen LogP contribution in [0, 0.1) is 5.92 Å². The first kappa shape index (κ1) is 14.9. The molecular formula is C15H20N2O2S. The van der Waals surface area contributed by atoms with Crippen molar-refractivity contribution in [3.05, 3.63) is 29.8 Å². The van der Waals surface area contributed by atoms with E-state index in [1.807, 2.05) is 18.2 Å². The number of ether oxygens (including phenoxy) is 1. The third-order valence-electron chi connectivity index (χ3n) is 3.17. The van der Waals surface area contributed by atoms with Crippen LogP contribution in [0.15, 0.2) is 24.3 Å². The number of nitrogens with one attached hydrogen (secondary N) is 1. The summed E-state index contributed by atoms with van der Waals surface area (Å²) >= 11 is 4.91. The molecule has 0 bridgehead atoms. The number of rotatable bonds is 8. The predicted octanol–water partition coefficient (Wildman–Crippen LogP) is 2.47. The Morgan fingerprint density at radius 3 is 2.95 bits per heavy atom. The van der Waals surface area contributed by atoms with E-state index in [1.54, 1.807) is 6.07 Å². The minimum Gasteiger partial charge on any atom is -0.389 e. The summed E-state index contributed by atoms with van der Waals surface area (Å²) in [5.41, 5.74) is 7.04. The van der Waals surface area contributed by atoms with Gasteiger partial charge in [0.25, 0.3) is 0 Å². The number of carbonyl (C=O) groups excluding carboxylic acids is 1. The van der Waals surface area contributed by atoms with E-state index in [1.165, 1.54) is 12.8 Å². The average Bonchev–Trinajstić information content (AvgIpc) is 3.22. The van der Waals surface area contributed by atoms with E-state index >= 15 is 0 Å². The van der Waals surface area contributed by atoms with Crippen LogP contribution < -0.4 is 11.1 Å². The Morgan fingerprint density at radius 2 is 2.25 bits per heavy atom. The van der Waals surface area contributed by atoms with Crippen LogP contribution in [0.4, 0.5) is 5.69 Å². The zero-order valence-corrected chi connectivity index (χ0v) is 12.2. The first-order valence-electron chi connectivity index (χ1n) is 6.92. The van der Waals surface area contributed by atoms with Gasteiger partial charge in [-0.15, -0.1) is 0 Å². The normalized spacial score (nSPS) is 14.0. The first-order chi connectivity index (χ1) is 9.65. The zero-order valence-electron chi connectivity index (χ0n) is 11.4. The van der Waals surface area contributed by atoms with Gasteiger partial charge >= 0.3 is 0 Å². The van der Waals surface area contributed by atoms with Crippen molar-refractivity contribution in [1.29, 1.82) is 0 Å². The van der Waals surface area contributed by atoms with Crippen LogP contribution in [0.3, 0.4) is 0 Å². The van der Waals surface area contributed by atoms with E-state index in [0.29, 0.717) is 18.0 Å². The van der Waals surface area contributed by atoms with Gasteiger partial charge in [0.05, 0.1) is 0 Å². The quantitative estimate of drug-likeness (QED) is 0.570. The number of benzene rings is 1. The van der Waals surface area contributed by atoms with Gasteiger partial charge in [-0.2, -0.15) is 0 Å². The lowest BCUT2D eigenvalue weighted by Crippen LogP contribution is -2.14. The fourth-order valence-corrected chi connectivity index (χ4v) is 1.97. The molecular weight excluding hydrogens is 272 g/mol. The molecule has 0 spiro atoms. The van der Waals surface area contributed by atoms with E-state index in [9.17, 15) is 4.79 Å². The number of hydrogen-bond donors (Lipinski definition) is 2. The van der Waals surface area contributed by atoms with Gasteiger partial charge in [-0.1, -0.05) is 24.4 Å². The van der Waals surface area contributed by atoms with E-state index in [0.717, 1.165) is 30.2 Å². The van der Waals surface area contributed by atoms with Gasteiger partial charge in [-0.05, 0) is 37.3 Å². The number of nitrogens with two attached hydrogens (primary N) is 1. The van der Waals surface area contributed by atoms with E-state index in [4.69, 9.17) is 22.7 Å². The molecule has 1 aromatic rings. The Labute approximate surface area is 124 Å². The molecule has 1 amide bonds. The summed E-state index contributed by atoms with van der Waals surface area (Å²) in [5, 5.41) is 2.84. The van der Waals surface area contributed by atoms with Gasteiger partial charge in [0.1, 0.15) is 4.99 Å². The van der Waals surface area contributed by atoms with Crippen molar-refractivity contribution in [3.63, 3.8) is 0 Å². The van der Waals surface area contributed by atoms with E-state index in [2.05, 4.69) is 5.32 Å². The summed E-state index contributed by atoms with van der Waals surface area (Å²) in [4.78, 5) is 12.1. The van der Waals surface area contributed by atoms with Crippen LogP contribution in [0.1, 0.15) is 31.2 Å². The first-order valence-corrected chi connectivity index (χ1v) is 7.33. The third kappa shape index (κ3) is 5.27. The fraction of sp³-hybridized carbons (Fsp3) is 0.467. The Bertz CT molecular complexity index is 487. The second-order valence-corrected chi connectivity index (χ2v) is 5.55. The van der Waals surface area contributed by atoms with E-state index < -0.39 is 0 Å². The minimum atomic E-state index is -0.0138. The van der Waals surface area contributed by atoms with Crippen LogP contribution in [0.25, 0.3) is 0 Å². The highest BCUT2D eigenvalue weighted by Crippen LogP contribution is 2.28. The number of carbonyl (C=O) groups is 1. The molecule has 1 aliphatic rings. The van der Waals surface area contributed by atoms with Crippen LogP contribution >= 0.6 is 12.2 Å². The lowest BCUT2D eigenvalue weighted by atomic mass is 10.2. The molecule has 3 N–H and O–H groups in total. The largest absolute Gasteiger partial charge is 0.389 e. The molecule has 2 rings (SSSR count). The van der Waals surface area contributed by atoms with Crippen LogP contribution in [0.2, 0.25) is 0 Å². The molecule has 0 aromatic heterocycles. The summed E-state index contributed by atoms with van der Waals surface area (Å²) in [7, 11) is 0. The molecule has 0 atom stereocenters. The maximum Gasteiger partial charge on any atom is 0.224 e. The Hall–Kier alpha value is -1.46. The lowest BCUT2D eigenvalue weighted by Gasteiger charge is -2.07. The van der Waals surface area contributed by atoms with Crippen molar-refractivity contribution in [2.75, 3.05) is 18.5 Å². The standard InChI is InChI=1S/C15H20N2O2S/c16-15(20)12-3-1-4-13(9-12)17-14(18)5-2-8-19-10-11-6-7-11/h1,3-4,9,11H,2,5-8,10H2,(H2,16,20)(H,17,18). The van der Waals surface area contributed by atoms with Gasteiger partial charge in [0.2, 0.25) is 5.91 Å². The highest BCUT2D eigenvalue weighted by molar-refractivity contribution is 7.80. The van der Waals surface area contributed by atoms with Crippen molar-refractivity contribution in [2.45, 2.75) is 25.7 Å². The van der Waals surface area contributed by atoms with Gasteiger partial charge < -0.3 is 15.8 Å². The highest BCUT2D eigenvalue weighted by atomic mass is 32.1. The average molecular weight is 292 g/mol. The molecule has 108 valence electrons. The van der Waals surface area contributed by atoms with Crippen molar-refractivity contribution < 1.29 is 9.53 Å². The Balaban J connectivity index is 1.67. The number of amides is 1. The SMILES string of the molecule is NC(=S)c1cccc(NC(=O)CCCOCC2CC2)c1. The zero-order chi connectivity index (χ0) is 14.4. The van der Waals surface area contributed by atoms with E-state index in [-0.39, 0.29) is 5.91 Å². The van der Waals surface area contributed by atoms with Crippen LogP contribution in [0.5, 0.6) is 0 Å². The molecule has 1 aromatic carbocycles. The van der Waals surface area contributed by atoms with Crippen molar-refractivity contribution in [2.24, 2.45) is 11.7 Å². The van der Waals surface area contributed by atoms with Gasteiger partial charge in [-0.3, -0.25) is 4.79 Å². The molecule has 0 heterocycles. The minimum absolute atomic E-state index is 0.0138. The smallest absolute Gasteiger partial charge is 0.224 e. The van der Waals surface area contributed by atoms with Crippen LogP contribution in [-0.2, 0) is 9.53 Å². The van der Waals surface area contributed by atoms with Crippen molar-refractivity contribution in [1.82, 2.24) is 0 Å². The molecule has 0 saturated heterocycles. The summed E-state index contributed by atoms with van der Waals surface area (Å²) in [6.07, 6.45) is 3.79. The summed E-state index contributed by atoms with van der Waals surface area (Å²) < 4.78 is 5.50. The van der Waals surface area contributed by atoms with Gasteiger partial charge in [0.15, 0.2) is 0 Å². The number of thiocarbonyl (C=S) groups is 1. The van der Waals surface area contributed by atoms with Gasteiger partial charge in [-0.25, -0.2) is 0 Å². The summed E-state index contributed by atoms with van der Waals surface area (Å²) in [6.45, 7) is 1.49. The second-order valence-electron chi connectivity index (χ2n) is 5.12. The van der Waals surface area contributed by atoms with Crippen LogP contribution in [-0.4, -0.2) is 24.1 Å². The van der Waals surface area contributed by atoms with Gasteiger partial charge in [0, 0.05) is 30.9 Å². The summed E-state index contributed by atoms with van der Waals surface area (Å²) in [6, 6.07) is 7.25. The monoisotopic (exact) mass is 292 g/mol. The molecule has 0 aliphatic heterocycles. The maximum atomic E-state index is 11.8. The molecule has 1 fully saturated rings. The summed E-state index contributed by atoms with van der Waals surface area (Å²) in [5.74, 6) is 0.756. The Morgan fingerprint density at radius 1 is 1.45 bits per heavy atom. The second kappa shape index (κ2) is 7.36. The lowest BCUT2D eigenvalue weighted by molar-refractivity contribution is -0.116. The molecule has 1 saturated carbocycles. The third-order valence-corrected chi connectivity index (χ3v) is 3.41. The molecule has 0 unspecified atom stereocenters. The molecule has 20 heavy (non-hydrogen) atoms. The topological polar surface area (TPSA) is 64.3 Å². The molecule has 5 heteroatoms. The fourth-order valence-electron chi connectivity index (χ4n) is 1.84. The number of anilines is 1. The van der Waals surface area contributed by atoms with Crippen molar-refractivity contribution >= 4 is 28.8 Å². The molecule has 1 aliphatic carbocycles. The maximum absolute atomic E-state index is 11.8. The predicted molar refractivity (Wildman–Crippen MR) is 83.7 cm³/mol.